The van der Waals surface area contributed by atoms with E-state index in [-0.39, 0.29) is 18.7 Å². The monoisotopic (exact) mass is 318 g/mol. The maximum atomic E-state index is 12.3. The Balaban J connectivity index is 1.52. The summed E-state index contributed by atoms with van der Waals surface area (Å²) in [5.74, 6) is 2.66. The second-order valence-corrected chi connectivity index (χ2v) is 6.69. The molecule has 1 saturated heterocycles. The summed E-state index contributed by atoms with van der Waals surface area (Å²) in [5, 5.41) is 6.52. The smallest absolute Gasteiger partial charge is 0.231 e. The molecule has 2 aliphatic heterocycles. The Hall–Kier alpha value is -1.75. The van der Waals surface area contributed by atoms with Crippen LogP contribution in [0.5, 0.6) is 11.5 Å². The Morgan fingerprint density at radius 2 is 2.17 bits per heavy atom. The zero-order chi connectivity index (χ0) is 16.2. The molecule has 3 rings (SSSR count). The maximum absolute atomic E-state index is 12.3. The minimum atomic E-state index is -0.0336. The first-order chi connectivity index (χ1) is 11.1. The lowest BCUT2D eigenvalue weighted by Gasteiger charge is -2.28. The quantitative estimate of drug-likeness (QED) is 0.876. The van der Waals surface area contributed by atoms with Gasteiger partial charge in [-0.05, 0) is 62.4 Å². The molecule has 0 aliphatic carbocycles. The van der Waals surface area contributed by atoms with E-state index in [1.54, 1.807) is 0 Å². The van der Waals surface area contributed by atoms with Crippen LogP contribution in [0.1, 0.15) is 44.7 Å². The molecule has 3 atom stereocenters. The molecule has 2 heterocycles. The van der Waals surface area contributed by atoms with E-state index >= 15 is 0 Å². The normalized spacial score (nSPS) is 22.4. The predicted molar refractivity (Wildman–Crippen MR) is 88.5 cm³/mol. The molecule has 1 amide bonds. The number of carbonyl (C=O) groups is 1. The largest absolute Gasteiger partial charge is 0.454 e. The van der Waals surface area contributed by atoms with Crippen molar-refractivity contribution in [2.75, 3.05) is 19.9 Å². The third-order valence-corrected chi connectivity index (χ3v) is 4.92. The molecule has 2 N–H and O–H groups in total. The van der Waals surface area contributed by atoms with E-state index in [0.717, 1.165) is 30.2 Å². The third kappa shape index (κ3) is 3.96. The molecule has 0 spiro atoms. The summed E-state index contributed by atoms with van der Waals surface area (Å²) >= 11 is 0. The van der Waals surface area contributed by atoms with Crippen LogP contribution in [0.4, 0.5) is 0 Å². The number of hydrogen-bond acceptors (Lipinski definition) is 4. The number of nitrogens with one attached hydrogen (secondary N) is 2. The second kappa shape index (κ2) is 7.21. The minimum Gasteiger partial charge on any atom is -0.454 e. The highest BCUT2D eigenvalue weighted by Gasteiger charge is 2.23. The van der Waals surface area contributed by atoms with Crippen LogP contribution in [-0.4, -0.2) is 25.8 Å². The average Bonchev–Trinajstić information content (AvgIpc) is 3.03. The van der Waals surface area contributed by atoms with Gasteiger partial charge in [0, 0.05) is 6.42 Å². The Morgan fingerprint density at radius 3 is 2.96 bits per heavy atom. The molecule has 2 aliphatic rings. The molecule has 1 aromatic carbocycles. The van der Waals surface area contributed by atoms with Crippen molar-refractivity contribution in [2.45, 2.75) is 39.2 Å². The van der Waals surface area contributed by atoms with Gasteiger partial charge < -0.3 is 20.1 Å². The van der Waals surface area contributed by atoms with Crippen LogP contribution < -0.4 is 20.1 Å². The molecule has 0 saturated carbocycles. The Labute approximate surface area is 137 Å². The number of fused-ring (bicyclic) bond motifs is 1. The van der Waals surface area contributed by atoms with Crippen molar-refractivity contribution in [1.29, 1.82) is 0 Å². The van der Waals surface area contributed by atoms with Crippen molar-refractivity contribution in [1.82, 2.24) is 10.6 Å². The molecule has 5 heteroatoms. The number of ether oxygens (including phenoxy) is 2. The molecule has 0 radical (unpaired) electrons. The standard InChI is InChI=1S/C18H26N2O3/c1-12(15-4-3-7-19-10-15)8-18(21)20-13(2)14-5-6-16-17(9-14)23-11-22-16/h5-6,9,12-13,15,19H,3-4,7-8,10-11H2,1-2H3,(H,20,21). The number of hydrogen-bond donors (Lipinski definition) is 2. The van der Waals surface area contributed by atoms with Crippen molar-refractivity contribution in [2.24, 2.45) is 11.8 Å². The summed E-state index contributed by atoms with van der Waals surface area (Å²) in [4.78, 5) is 12.3. The van der Waals surface area contributed by atoms with E-state index in [0.29, 0.717) is 18.3 Å². The van der Waals surface area contributed by atoms with Crippen molar-refractivity contribution in [3.05, 3.63) is 23.8 Å². The van der Waals surface area contributed by atoms with Gasteiger partial charge in [-0.1, -0.05) is 13.0 Å². The maximum Gasteiger partial charge on any atom is 0.231 e. The lowest BCUT2D eigenvalue weighted by Crippen LogP contribution is -2.36. The van der Waals surface area contributed by atoms with Crippen molar-refractivity contribution >= 4 is 5.91 Å². The fraction of sp³-hybridized carbons (Fsp3) is 0.611. The summed E-state index contributed by atoms with van der Waals surface area (Å²) in [7, 11) is 0. The van der Waals surface area contributed by atoms with Crippen LogP contribution in [0.3, 0.4) is 0 Å². The molecular formula is C18H26N2O3. The highest BCUT2D eigenvalue weighted by molar-refractivity contribution is 5.76. The summed E-state index contributed by atoms with van der Waals surface area (Å²) in [6, 6.07) is 5.79. The highest BCUT2D eigenvalue weighted by Crippen LogP contribution is 2.34. The van der Waals surface area contributed by atoms with Gasteiger partial charge >= 0.3 is 0 Å². The Kier molecular flexibility index (Phi) is 5.06. The first-order valence-electron chi connectivity index (χ1n) is 8.53. The van der Waals surface area contributed by atoms with Crippen LogP contribution in [-0.2, 0) is 4.79 Å². The first-order valence-corrected chi connectivity index (χ1v) is 8.53. The lowest BCUT2D eigenvalue weighted by atomic mass is 9.85. The Bertz CT molecular complexity index is 555. The van der Waals surface area contributed by atoms with E-state index in [2.05, 4.69) is 17.6 Å². The van der Waals surface area contributed by atoms with Gasteiger partial charge in [0.05, 0.1) is 6.04 Å². The zero-order valence-electron chi connectivity index (χ0n) is 13.9. The van der Waals surface area contributed by atoms with Gasteiger partial charge in [-0.25, -0.2) is 0 Å². The second-order valence-electron chi connectivity index (χ2n) is 6.69. The summed E-state index contributed by atoms with van der Waals surface area (Å²) in [5.41, 5.74) is 1.04. The van der Waals surface area contributed by atoms with Gasteiger partial charge in [0.1, 0.15) is 0 Å². The van der Waals surface area contributed by atoms with Crippen molar-refractivity contribution in [3.8, 4) is 11.5 Å². The van der Waals surface area contributed by atoms with Crippen LogP contribution >= 0.6 is 0 Å². The SMILES string of the molecule is CC(NC(=O)CC(C)C1CCCNC1)c1ccc2c(c1)OCO2. The number of benzene rings is 1. The van der Waals surface area contributed by atoms with Crippen LogP contribution in [0, 0.1) is 11.8 Å². The van der Waals surface area contributed by atoms with Gasteiger partial charge in [0.15, 0.2) is 11.5 Å². The zero-order valence-corrected chi connectivity index (χ0v) is 13.9. The topological polar surface area (TPSA) is 59.6 Å². The molecule has 126 valence electrons. The van der Waals surface area contributed by atoms with E-state index in [4.69, 9.17) is 9.47 Å². The van der Waals surface area contributed by atoms with Gasteiger partial charge in [0.25, 0.3) is 0 Å². The average molecular weight is 318 g/mol. The third-order valence-electron chi connectivity index (χ3n) is 4.92. The fourth-order valence-electron chi connectivity index (χ4n) is 3.39. The molecular weight excluding hydrogens is 292 g/mol. The van der Waals surface area contributed by atoms with Gasteiger partial charge in [-0.3, -0.25) is 4.79 Å². The van der Waals surface area contributed by atoms with E-state index in [1.165, 1.54) is 12.8 Å². The Morgan fingerprint density at radius 1 is 1.35 bits per heavy atom. The molecule has 0 bridgehead atoms. The van der Waals surface area contributed by atoms with Crippen LogP contribution in [0.15, 0.2) is 18.2 Å². The summed E-state index contributed by atoms with van der Waals surface area (Å²) in [6.45, 7) is 6.60. The molecule has 23 heavy (non-hydrogen) atoms. The van der Waals surface area contributed by atoms with Crippen molar-refractivity contribution < 1.29 is 14.3 Å². The highest BCUT2D eigenvalue weighted by atomic mass is 16.7. The van der Waals surface area contributed by atoms with E-state index in [9.17, 15) is 4.79 Å². The lowest BCUT2D eigenvalue weighted by molar-refractivity contribution is -0.123. The van der Waals surface area contributed by atoms with Gasteiger partial charge in [-0.2, -0.15) is 0 Å². The van der Waals surface area contributed by atoms with Gasteiger partial charge in [0.2, 0.25) is 12.7 Å². The summed E-state index contributed by atoms with van der Waals surface area (Å²) in [6.07, 6.45) is 3.02. The van der Waals surface area contributed by atoms with Crippen LogP contribution in [0.2, 0.25) is 0 Å². The minimum absolute atomic E-state index is 0.0336. The molecule has 0 aromatic heterocycles. The molecule has 5 nitrogen and oxygen atoms in total. The summed E-state index contributed by atoms with van der Waals surface area (Å²) < 4.78 is 10.7. The number of piperidine rings is 1. The fourth-order valence-corrected chi connectivity index (χ4v) is 3.39. The van der Waals surface area contributed by atoms with Gasteiger partial charge in [-0.15, -0.1) is 0 Å². The number of carbonyl (C=O) groups excluding carboxylic acids is 1. The predicted octanol–water partition coefficient (Wildman–Crippen LogP) is 2.62. The molecule has 3 unspecified atom stereocenters. The number of rotatable bonds is 5. The van der Waals surface area contributed by atoms with E-state index in [1.807, 2.05) is 25.1 Å². The van der Waals surface area contributed by atoms with Crippen molar-refractivity contribution in [3.63, 3.8) is 0 Å². The molecule has 1 fully saturated rings. The number of amides is 1. The first kappa shape index (κ1) is 16.1. The molecule has 1 aromatic rings. The van der Waals surface area contributed by atoms with Crippen LogP contribution in [0.25, 0.3) is 0 Å². The van der Waals surface area contributed by atoms with E-state index < -0.39 is 0 Å².